The lowest BCUT2D eigenvalue weighted by Gasteiger charge is -2.02. The molecule has 0 aliphatic rings. The van der Waals surface area contributed by atoms with Gasteiger partial charge in [-0.2, -0.15) is 0 Å². The SMILES string of the molecule is CCCCc1ccc(CCN)cc1.Cl. The van der Waals surface area contributed by atoms with Gasteiger partial charge in [-0.1, -0.05) is 37.6 Å². The lowest BCUT2D eigenvalue weighted by atomic mass is 10.1. The van der Waals surface area contributed by atoms with Crippen LogP contribution in [0.3, 0.4) is 0 Å². The van der Waals surface area contributed by atoms with Gasteiger partial charge in [0.1, 0.15) is 0 Å². The number of hydrogen-bond donors (Lipinski definition) is 1. The number of benzene rings is 1. The lowest BCUT2D eigenvalue weighted by molar-refractivity contribution is 0.794. The Hall–Kier alpha value is -0.530. The van der Waals surface area contributed by atoms with Crippen LogP contribution in [0.25, 0.3) is 0 Å². The Morgan fingerprint density at radius 3 is 1.93 bits per heavy atom. The third-order valence-corrected chi connectivity index (χ3v) is 2.27. The van der Waals surface area contributed by atoms with E-state index < -0.39 is 0 Å². The highest BCUT2D eigenvalue weighted by molar-refractivity contribution is 5.85. The predicted molar refractivity (Wildman–Crippen MR) is 65.1 cm³/mol. The Morgan fingerprint density at radius 2 is 1.50 bits per heavy atom. The van der Waals surface area contributed by atoms with Crippen LogP contribution in [0.15, 0.2) is 24.3 Å². The van der Waals surface area contributed by atoms with Gasteiger partial charge in [-0.3, -0.25) is 0 Å². The lowest BCUT2D eigenvalue weighted by Crippen LogP contribution is -2.02. The number of unbranched alkanes of at least 4 members (excludes halogenated alkanes) is 1. The molecule has 0 atom stereocenters. The largest absolute Gasteiger partial charge is 0.330 e. The molecule has 0 aliphatic heterocycles. The minimum absolute atomic E-state index is 0. The summed E-state index contributed by atoms with van der Waals surface area (Å²) in [5.41, 5.74) is 8.28. The van der Waals surface area contributed by atoms with Crippen molar-refractivity contribution in [3.63, 3.8) is 0 Å². The van der Waals surface area contributed by atoms with Crippen LogP contribution in [0.4, 0.5) is 0 Å². The number of hydrogen-bond acceptors (Lipinski definition) is 1. The fraction of sp³-hybridized carbons (Fsp3) is 0.500. The molecule has 1 rings (SSSR count). The van der Waals surface area contributed by atoms with Crippen LogP contribution < -0.4 is 5.73 Å². The number of aryl methyl sites for hydroxylation is 1. The van der Waals surface area contributed by atoms with Crippen LogP contribution in [0.1, 0.15) is 30.9 Å². The van der Waals surface area contributed by atoms with Crippen molar-refractivity contribution >= 4 is 12.4 Å². The number of nitrogens with two attached hydrogens (primary N) is 1. The van der Waals surface area contributed by atoms with Crippen LogP contribution in [-0.2, 0) is 12.8 Å². The zero-order valence-corrected chi connectivity index (χ0v) is 9.65. The van der Waals surface area contributed by atoms with Gasteiger partial charge in [-0.25, -0.2) is 0 Å². The topological polar surface area (TPSA) is 26.0 Å². The monoisotopic (exact) mass is 213 g/mol. The molecule has 0 spiro atoms. The van der Waals surface area contributed by atoms with E-state index in [0.29, 0.717) is 0 Å². The molecule has 2 heteroatoms. The zero-order chi connectivity index (χ0) is 9.52. The summed E-state index contributed by atoms with van der Waals surface area (Å²) < 4.78 is 0. The number of halogens is 1. The van der Waals surface area contributed by atoms with Crippen LogP contribution in [-0.4, -0.2) is 6.54 Å². The van der Waals surface area contributed by atoms with E-state index in [2.05, 4.69) is 31.2 Å². The van der Waals surface area contributed by atoms with E-state index >= 15 is 0 Å². The van der Waals surface area contributed by atoms with Crippen molar-refractivity contribution in [2.75, 3.05) is 6.54 Å². The molecule has 0 amide bonds. The van der Waals surface area contributed by atoms with Gasteiger partial charge in [0.15, 0.2) is 0 Å². The van der Waals surface area contributed by atoms with Crippen molar-refractivity contribution in [3.8, 4) is 0 Å². The fourth-order valence-electron chi connectivity index (χ4n) is 1.42. The molecule has 0 saturated heterocycles. The molecular formula is C12H20ClN. The Morgan fingerprint density at radius 1 is 1.00 bits per heavy atom. The molecule has 0 unspecified atom stereocenters. The van der Waals surface area contributed by atoms with Gasteiger partial charge in [-0.15, -0.1) is 12.4 Å². The maximum atomic E-state index is 5.48. The van der Waals surface area contributed by atoms with Crippen molar-refractivity contribution in [2.24, 2.45) is 5.73 Å². The van der Waals surface area contributed by atoms with E-state index in [-0.39, 0.29) is 12.4 Å². The maximum absolute atomic E-state index is 5.48. The maximum Gasteiger partial charge on any atom is -0.00367 e. The molecule has 0 bridgehead atoms. The molecular weight excluding hydrogens is 194 g/mol. The standard InChI is InChI=1S/C12H19N.ClH/c1-2-3-4-11-5-7-12(8-6-11)9-10-13;/h5-8H,2-4,9-10,13H2,1H3;1H. The molecule has 14 heavy (non-hydrogen) atoms. The second-order valence-corrected chi connectivity index (χ2v) is 3.46. The second-order valence-electron chi connectivity index (χ2n) is 3.46. The Kier molecular flexibility index (Phi) is 7.54. The van der Waals surface area contributed by atoms with Gasteiger partial charge >= 0.3 is 0 Å². The van der Waals surface area contributed by atoms with Gasteiger partial charge in [0.05, 0.1) is 0 Å². The van der Waals surface area contributed by atoms with Crippen molar-refractivity contribution in [1.82, 2.24) is 0 Å². The summed E-state index contributed by atoms with van der Waals surface area (Å²) in [6, 6.07) is 8.83. The van der Waals surface area contributed by atoms with Gasteiger partial charge in [-0.05, 0) is 36.9 Å². The van der Waals surface area contributed by atoms with Gasteiger partial charge in [0, 0.05) is 0 Å². The number of rotatable bonds is 5. The molecule has 0 saturated carbocycles. The third-order valence-electron chi connectivity index (χ3n) is 2.27. The summed E-state index contributed by atoms with van der Waals surface area (Å²) >= 11 is 0. The highest BCUT2D eigenvalue weighted by atomic mass is 35.5. The molecule has 0 heterocycles. The molecule has 80 valence electrons. The minimum atomic E-state index is 0. The van der Waals surface area contributed by atoms with Crippen molar-refractivity contribution in [3.05, 3.63) is 35.4 Å². The minimum Gasteiger partial charge on any atom is -0.330 e. The third kappa shape index (κ3) is 4.64. The van der Waals surface area contributed by atoms with E-state index in [0.717, 1.165) is 13.0 Å². The summed E-state index contributed by atoms with van der Waals surface area (Å²) in [4.78, 5) is 0. The Bertz CT molecular complexity index is 231. The zero-order valence-electron chi connectivity index (χ0n) is 8.83. The van der Waals surface area contributed by atoms with Crippen LogP contribution in [0.2, 0.25) is 0 Å². The first-order chi connectivity index (χ1) is 6.36. The first-order valence-corrected chi connectivity index (χ1v) is 5.14. The first-order valence-electron chi connectivity index (χ1n) is 5.14. The molecule has 0 aromatic heterocycles. The van der Waals surface area contributed by atoms with Crippen LogP contribution >= 0.6 is 12.4 Å². The van der Waals surface area contributed by atoms with Crippen molar-refractivity contribution in [2.45, 2.75) is 32.6 Å². The Labute approximate surface area is 93.1 Å². The highest BCUT2D eigenvalue weighted by Gasteiger charge is 1.93. The summed E-state index contributed by atoms with van der Waals surface area (Å²) in [7, 11) is 0. The molecule has 1 aromatic carbocycles. The van der Waals surface area contributed by atoms with Crippen LogP contribution in [0.5, 0.6) is 0 Å². The summed E-state index contributed by atoms with van der Waals surface area (Å²) in [5.74, 6) is 0. The van der Waals surface area contributed by atoms with Crippen molar-refractivity contribution < 1.29 is 0 Å². The average molecular weight is 214 g/mol. The van der Waals surface area contributed by atoms with Gasteiger partial charge in [0.25, 0.3) is 0 Å². The van der Waals surface area contributed by atoms with Crippen LogP contribution in [0, 0.1) is 0 Å². The fourth-order valence-corrected chi connectivity index (χ4v) is 1.42. The summed E-state index contributed by atoms with van der Waals surface area (Å²) in [6.45, 7) is 2.97. The summed E-state index contributed by atoms with van der Waals surface area (Å²) in [5, 5.41) is 0. The first kappa shape index (κ1) is 13.5. The smallest absolute Gasteiger partial charge is 0.00367 e. The molecule has 2 N–H and O–H groups in total. The molecule has 0 radical (unpaired) electrons. The quantitative estimate of drug-likeness (QED) is 0.800. The molecule has 1 aromatic rings. The average Bonchev–Trinajstić information content (AvgIpc) is 2.17. The van der Waals surface area contributed by atoms with E-state index in [9.17, 15) is 0 Å². The summed E-state index contributed by atoms with van der Waals surface area (Å²) in [6.07, 6.45) is 4.76. The normalized spacial score (nSPS) is 9.57. The van der Waals surface area contributed by atoms with E-state index in [1.807, 2.05) is 0 Å². The van der Waals surface area contributed by atoms with Crippen molar-refractivity contribution in [1.29, 1.82) is 0 Å². The van der Waals surface area contributed by atoms with E-state index in [1.54, 1.807) is 0 Å². The predicted octanol–water partition coefficient (Wildman–Crippen LogP) is 2.95. The van der Waals surface area contributed by atoms with Gasteiger partial charge < -0.3 is 5.73 Å². The van der Waals surface area contributed by atoms with E-state index in [4.69, 9.17) is 5.73 Å². The van der Waals surface area contributed by atoms with E-state index in [1.165, 1.54) is 30.4 Å². The molecule has 1 nitrogen and oxygen atoms in total. The van der Waals surface area contributed by atoms with Gasteiger partial charge in [0.2, 0.25) is 0 Å². The highest BCUT2D eigenvalue weighted by Crippen LogP contribution is 2.07. The second kappa shape index (κ2) is 7.84. The molecule has 0 aliphatic carbocycles. The Balaban J connectivity index is 0.00000169. The molecule has 0 fully saturated rings.